The fourth-order valence-corrected chi connectivity index (χ4v) is 2.49. The molecule has 4 N–H and O–H groups in total. The molecule has 0 bridgehead atoms. The number of pyridine rings is 1. The number of aromatic nitrogens is 1. The molecule has 2 rings (SSSR count). The van der Waals surface area contributed by atoms with E-state index in [9.17, 15) is 0 Å². The number of nitrogens with one attached hydrogen (secondary N) is 2. The Hall–Kier alpha value is -1.59. The summed E-state index contributed by atoms with van der Waals surface area (Å²) in [7, 11) is 0. The first-order valence-electron chi connectivity index (χ1n) is 5.44. The lowest BCUT2D eigenvalue weighted by Crippen LogP contribution is -2.10. The minimum absolute atomic E-state index is 0.279. The topological polar surface area (TPSA) is 63.0 Å². The first-order valence-corrected chi connectivity index (χ1v) is 6.26. The highest BCUT2D eigenvalue weighted by atomic mass is 32.1. The molecule has 0 saturated carbocycles. The Bertz CT molecular complexity index is 495. The van der Waals surface area contributed by atoms with Gasteiger partial charge in [0.15, 0.2) is 0 Å². The van der Waals surface area contributed by atoms with Gasteiger partial charge in [-0.1, -0.05) is 0 Å². The maximum absolute atomic E-state index is 5.33. The van der Waals surface area contributed by atoms with Gasteiger partial charge < -0.3 is 10.7 Å². The van der Waals surface area contributed by atoms with Crippen molar-refractivity contribution in [1.29, 1.82) is 0 Å². The van der Waals surface area contributed by atoms with Gasteiger partial charge in [0.2, 0.25) is 0 Å². The summed E-state index contributed by atoms with van der Waals surface area (Å²) in [5.41, 5.74) is 3.54. The van der Waals surface area contributed by atoms with E-state index in [1.807, 2.05) is 12.1 Å². The van der Waals surface area contributed by atoms with Crippen LogP contribution in [0.5, 0.6) is 0 Å². The molecule has 90 valence electrons. The lowest BCUT2D eigenvalue weighted by Gasteiger charge is -2.14. The van der Waals surface area contributed by atoms with Gasteiger partial charge in [0, 0.05) is 27.7 Å². The number of nitrogens with zero attached hydrogens (tertiary/aromatic N) is 1. The highest BCUT2D eigenvalue weighted by Gasteiger charge is 2.07. The number of anilines is 2. The molecule has 0 saturated heterocycles. The summed E-state index contributed by atoms with van der Waals surface area (Å²) in [5.74, 6) is 5.98. The molecule has 0 aromatic carbocycles. The molecule has 4 nitrogen and oxygen atoms in total. The van der Waals surface area contributed by atoms with Crippen LogP contribution in [0, 0.1) is 6.92 Å². The number of hydrogen-bond donors (Lipinski definition) is 3. The fourth-order valence-electron chi connectivity index (χ4n) is 1.61. The Morgan fingerprint density at radius 2 is 2.18 bits per heavy atom. The van der Waals surface area contributed by atoms with Crippen molar-refractivity contribution in [1.82, 2.24) is 4.98 Å². The standard InChI is InChI=1S/C12H16N4S/c1-8-3-4-11(17-8)9(2)15-10-5-6-14-12(7-10)16-13/h3-7,9H,13H2,1-2H3,(H2,14,15,16). The number of hydrogen-bond acceptors (Lipinski definition) is 5. The maximum atomic E-state index is 5.33. The number of thiophene rings is 1. The molecule has 17 heavy (non-hydrogen) atoms. The van der Waals surface area contributed by atoms with Gasteiger partial charge in [-0.15, -0.1) is 11.3 Å². The highest BCUT2D eigenvalue weighted by molar-refractivity contribution is 7.12. The summed E-state index contributed by atoms with van der Waals surface area (Å²) >= 11 is 1.81. The van der Waals surface area contributed by atoms with E-state index in [4.69, 9.17) is 5.84 Å². The number of aryl methyl sites for hydroxylation is 1. The van der Waals surface area contributed by atoms with Crippen LogP contribution >= 0.6 is 11.3 Å². The number of hydrazine groups is 1. The summed E-state index contributed by atoms with van der Waals surface area (Å²) in [5, 5.41) is 3.42. The quantitative estimate of drug-likeness (QED) is 0.575. The normalized spacial score (nSPS) is 12.2. The second-order valence-electron chi connectivity index (χ2n) is 3.89. The van der Waals surface area contributed by atoms with E-state index in [1.54, 1.807) is 17.5 Å². The molecule has 5 heteroatoms. The van der Waals surface area contributed by atoms with Crippen molar-refractivity contribution < 1.29 is 0 Å². The van der Waals surface area contributed by atoms with E-state index in [0.717, 1.165) is 5.69 Å². The van der Waals surface area contributed by atoms with Gasteiger partial charge in [-0.2, -0.15) is 0 Å². The first kappa shape index (κ1) is 11.9. The Labute approximate surface area is 105 Å². The molecule has 0 amide bonds. The van der Waals surface area contributed by atoms with Crippen LogP contribution < -0.4 is 16.6 Å². The van der Waals surface area contributed by atoms with Crippen LogP contribution in [0.2, 0.25) is 0 Å². The molecule has 1 unspecified atom stereocenters. The Kier molecular flexibility index (Phi) is 3.61. The molecule has 0 aliphatic rings. The smallest absolute Gasteiger partial charge is 0.141 e. The van der Waals surface area contributed by atoms with Gasteiger partial charge >= 0.3 is 0 Å². The molecular formula is C12H16N4S. The average Bonchev–Trinajstić information content (AvgIpc) is 2.76. The maximum Gasteiger partial charge on any atom is 0.141 e. The molecule has 1 atom stereocenters. The van der Waals surface area contributed by atoms with E-state index in [2.05, 4.69) is 41.7 Å². The Balaban J connectivity index is 2.09. The van der Waals surface area contributed by atoms with Gasteiger partial charge in [-0.25, -0.2) is 10.8 Å². The van der Waals surface area contributed by atoms with Gasteiger partial charge in [-0.3, -0.25) is 0 Å². The molecule has 0 aliphatic heterocycles. The van der Waals surface area contributed by atoms with E-state index in [-0.39, 0.29) is 6.04 Å². The van der Waals surface area contributed by atoms with Crippen molar-refractivity contribution >= 4 is 22.8 Å². The van der Waals surface area contributed by atoms with E-state index >= 15 is 0 Å². The van der Waals surface area contributed by atoms with Crippen LogP contribution in [-0.4, -0.2) is 4.98 Å². The Morgan fingerprint density at radius 1 is 1.35 bits per heavy atom. The predicted molar refractivity (Wildman–Crippen MR) is 73.1 cm³/mol. The summed E-state index contributed by atoms with van der Waals surface area (Å²) < 4.78 is 0. The van der Waals surface area contributed by atoms with Gasteiger partial charge in [0.05, 0.1) is 6.04 Å². The van der Waals surface area contributed by atoms with Crippen LogP contribution in [-0.2, 0) is 0 Å². The second-order valence-corrected chi connectivity index (χ2v) is 5.21. The molecule has 0 aliphatic carbocycles. The minimum atomic E-state index is 0.279. The van der Waals surface area contributed by atoms with Crippen LogP contribution in [0.4, 0.5) is 11.5 Å². The summed E-state index contributed by atoms with van der Waals surface area (Å²) in [6.45, 7) is 4.25. The molecule has 2 heterocycles. The average molecular weight is 248 g/mol. The van der Waals surface area contributed by atoms with Crippen LogP contribution in [0.1, 0.15) is 22.7 Å². The van der Waals surface area contributed by atoms with Crippen LogP contribution in [0.25, 0.3) is 0 Å². The zero-order valence-electron chi connectivity index (χ0n) is 9.90. The second kappa shape index (κ2) is 5.16. The summed E-state index contributed by atoms with van der Waals surface area (Å²) in [6.07, 6.45) is 1.73. The van der Waals surface area contributed by atoms with E-state index in [0.29, 0.717) is 5.82 Å². The van der Waals surface area contributed by atoms with E-state index < -0.39 is 0 Å². The summed E-state index contributed by atoms with van der Waals surface area (Å²) in [4.78, 5) is 6.72. The monoisotopic (exact) mass is 248 g/mol. The minimum Gasteiger partial charge on any atom is -0.378 e. The van der Waals surface area contributed by atoms with Crippen molar-refractivity contribution in [2.24, 2.45) is 5.84 Å². The highest BCUT2D eigenvalue weighted by Crippen LogP contribution is 2.26. The fraction of sp³-hybridized carbons (Fsp3) is 0.250. The molecule has 2 aromatic heterocycles. The van der Waals surface area contributed by atoms with Crippen molar-refractivity contribution in [3.8, 4) is 0 Å². The van der Waals surface area contributed by atoms with Gasteiger partial charge in [-0.05, 0) is 32.0 Å². The van der Waals surface area contributed by atoms with Crippen LogP contribution in [0.15, 0.2) is 30.5 Å². The first-order chi connectivity index (χ1) is 8.19. The third-order valence-corrected chi connectivity index (χ3v) is 3.66. The molecular weight excluding hydrogens is 232 g/mol. The van der Waals surface area contributed by atoms with Crippen molar-refractivity contribution in [3.63, 3.8) is 0 Å². The largest absolute Gasteiger partial charge is 0.378 e. The third-order valence-electron chi connectivity index (χ3n) is 2.48. The number of rotatable bonds is 4. The molecule has 2 aromatic rings. The predicted octanol–water partition coefficient (Wildman–Crippen LogP) is 2.91. The lowest BCUT2D eigenvalue weighted by atomic mass is 10.2. The lowest BCUT2D eigenvalue weighted by molar-refractivity contribution is 0.907. The Morgan fingerprint density at radius 3 is 2.82 bits per heavy atom. The molecule has 0 spiro atoms. The number of nitrogens with two attached hydrogens (primary N) is 1. The number of nitrogen functional groups attached to an aromatic ring is 1. The van der Waals surface area contributed by atoms with Crippen molar-refractivity contribution in [2.75, 3.05) is 10.7 Å². The van der Waals surface area contributed by atoms with E-state index in [1.165, 1.54) is 9.75 Å². The zero-order chi connectivity index (χ0) is 12.3. The SMILES string of the molecule is Cc1ccc(C(C)Nc2ccnc(NN)c2)s1. The van der Waals surface area contributed by atoms with Gasteiger partial charge in [0.1, 0.15) is 5.82 Å². The molecule has 0 fully saturated rings. The van der Waals surface area contributed by atoms with Crippen molar-refractivity contribution in [2.45, 2.75) is 19.9 Å². The van der Waals surface area contributed by atoms with Crippen LogP contribution in [0.3, 0.4) is 0 Å². The zero-order valence-corrected chi connectivity index (χ0v) is 10.7. The van der Waals surface area contributed by atoms with Gasteiger partial charge in [0.25, 0.3) is 0 Å². The van der Waals surface area contributed by atoms with Crippen molar-refractivity contribution in [3.05, 3.63) is 40.2 Å². The third kappa shape index (κ3) is 2.95. The molecule has 0 radical (unpaired) electrons. The summed E-state index contributed by atoms with van der Waals surface area (Å²) in [6, 6.07) is 8.38.